The van der Waals surface area contributed by atoms with Crippen LogP contribution in [0, 0.1) is 0 Å². The number of aromatic nitrogens is 2. The van der Waals surface area contributed by atoms with Gasteiger partial charge in [-0.25, -0.2) is 14.0 Å². The standard InChI is InChI=1S/C23H29N5O2S2/c1-14(2)22-21-20(26-28(22)17-9-7-6-8-10-17)15(3)11-18(25-21)27-32(24,30)19-12-16(13-31-19)23(4,5)29/h6-15,25,29H,1-5H3,(H2,24,27,30). The van der Waals surface area contributed by atoms with E-state index in [1.165, 1.54) is 11.3 Å². The van der Waals surface area contributed by atoms with Crippen molar-refractivity contribution in [1.82, 2.24) is 9.78 Å². The number of para-hydroxylation sites is 1. The number of fused-ring (bicyclic) bond motifs is 1. The first-order valence-electron chi connectivity index (χ1n) is 10.5. The summed E-state index contributed by atoms with van der Waals surface area (Å²) in [5, 5.41) is 26.4. The van der Waals surface area contributed by atoms with Gasteiger partial charge in [-0.3, -0.25) is 0 Å². The molecule has 170 valence electrons. The van der Waals surface area contributed by atoms with E-state index in [0.29, 0.717) is 15.6 Å². The lowest BCUT2D eigenvalue weighted by atomic mass is 9.99. The van der Waals surface area contributed by atoms with Gasteiger partial charge in [-0.05, 0) is 55.0 Å². The van der Waals surface area contributed by atoms with Crippen LogP contribution < -0.4 is 10.5 Å². The number of nitrogens with one attached hydrogen (secondary N) is 1. The van der Waals surface area contributed by atoms with Gasteiger partial charge >= 0.3 is 0 Å². The van der Waals surface area contributed by atoms with Crippen LogP contribution in [-0.4, -0.2) is 19.1 Å². The predicted octanol–water partition coefficient (Wildman–Crippen LogP) is 5.06. The summed E-state index contributed by atoms with van der Waals surface area (Å²) >= 11 is 1.24. The van der Waals surface area contributed by atoms with Crippen molar-refractivity contribution < 1.29 is 9.32 Å². The Kier molecular flexibility index (Phi) is 5.79. The Bertz CT molecular complexity index is 1290. The summed E-state index contributed by atoms with van der Waals surface area (Å²) < 4.78 is 20.1. The predicted molar refractivity (Wildman–Crippen MR) is 130 cm³/mol. The summed E-state index contributed by atoms with van der Waals surface area (Å²) in [5.41, 5.74) is 3.45. The number of rotatable bonds is 5. The maximum Gasteiger partial charge on any atom is 0.150 e. The molecule has 0 amide bonds. The monoisotopic (exact) mass is 471 g/mol. The molecule has 4 N–H and O–H groups in total. The molecule has 1 aliphatic rings. The number of anilines is 1. The minimum Gasteiger partial charge on any atom is -0.386 e. The van der Waals surface area contributed by atoms with Gasteiger partial charge in [0.2, 0.25) is 0 Å². The average Bonchev–Trinajstić information content (AvgIpc) is 3.34. The number of nitrogens with zero attached hydrogens (tertiary/aromatic N) is 3. The van der Waals surface area contributed by atoms with Gasteiger partial charge in [-0.15, -0.1) is 11.3 Å². The molecule has 2 unspecified atom stereocenters. The summed E-state index contributed by atoms with van der Waals surface area (Å²) in [4.78, 5) is 0. The van der Waals surface area contributed by atoms with Gasteiger partial charge < -0.3 is 10.4 Å². The molecule has 4 rings (SSSR count). The minimum atomic E-state index is -3.18. The molecule has 2 aromatic heterocycles. The highest BCUT2D eigenvalue weighted by atomic mass is 32.2. The highest BCUT2D eigenvalue weighted by molar-refractivity contribution is 7.93. The first-order valence-corrected chi connectivity index (χ1v) is 13.0. The van der Waals surface area contributed by atoms with E-state index >= 15 is 0 Å². The summed E-state index contributed by atoms with van der Waals surface area (Å²) in [6, 6.07) is 11.7. The summed E-state index contributed by atoms with van der Waals surface area (Å²) in [5.74, 6) is 0.627. The van der Waals surface area contributed by atoms with Gasteiger partial charge in [-0.1, -0.05) is 39.0 Å². The molecule has 9 heteroatoms. The number of thiophene rings is 1. The summed E-state index contributed by atoms with van der Waals surface area (Å²) in [7, 11) is -3.18. The summed E-state index contributed by atoms with van der Waals surface area (Å²) in [6.45, 7) is 9.64. The molecule has 0 aliphatic carbocycles. The lowest BCUT2D eigenvalue weighted by Gasteiger charge is -2.19. The van der Waals surface area contributed by atoms with Crippen molar-refractivity contribution in [2.45, 2.75) is 56.3 Å². The lowest BCUT2D eigenvalue weighted by Crippen LogP contribution is -2.17. The molecule has 7 nitrogen and oxygen atoms in total. The van der Waals surface area contributed by atoms with Crippen LogP contribution in [0.2, 0.25) is 0 Å². The van der Waals surface area contributed by atoms with Crippen LogP contribution >= 0.6 is 11.3 Å². The van der Waals surface area contributed by atoms with E-state index in [4.69, 9.17) is 10.2 Å². The number of hydrogen-bond acceptors (Lipinski definition) is 6. The Balaban J connectivity index is 1.75. The fourth-order valence-corrected chi connectivity index (χ4v) is 6.10. The van der Waals surface area contributed by atoms with Gasteiger partial charge in [-0.2, -0.15) is 9.46 Å². The maximum atomic E-state index is 13.3. The molecule has 1 aromatic carbocycles. The average molecular weight is 472 g/mol. The Hall–Kier alpha value is -2.46. The van der Waals surface area contributed by atoms with Crippen molar-refractivity contribution in [2.24, 2.45) is 9.50 Å². The van der Waals surface area contributed by atoms with Crippen molar-refractivity contribution >= 4 is 26.9 Å². The Morgan fingerprint density at radius 1 is 1.31 bits per heavy atom. The largest absolute Gasteiger partial charge is 0.386 e. The van der Waals surface area contributed by atoms with Gasteiger partial charge in [0, 0.05) is 5.92 Å². The molecule has 0 saturated heterocycles. The van der Waals surface area contributed by atoms with E-state index in [1.54, 1.807) is 25.3 Å². The normalized spacial score (nSPS) is 18.0. The molecule has 0 radical (unpaired) electrons. The summed E-state index contributed by atoms with van der Waals surface area (Å²) in [6.07, 6.45) is 1.89. The van der Waals surface area contributed by atoms with Crippen molar-refractivity contribution in [1.29, 1.82) is 0 Å². The zero-order chi connectivity index (χ0) is 23.3. The molecule has 3 heterocycles. The molecule has 2 atom stereocenters. The second-order valence-electron chi connectivity index (χ2n) is 8.89. The van der Waals surface area contributed by atoms with E-state index in [-0.39, 0.29) is 11.8 Å². The fourth-order valence-electron chi connectivity index (χ4n) is 3.72. The molecular weight excluding hydrogens is 442 g/mol. The SMILES string of the molecule is CC(C)c1c2c(nn1-c1ccccc1)C(C)C=C(N=S(N)(=O)c1cc(C(C)(C)O)cs1)N2. The molecule has 0 bridgehead atoms. The van der Waals surface area contributed by atoms with Gasteiger partial charge in [0.05, 0.1) is 28.4 Å². The van der Waals surface area contributed by atoms with Crippen LogP contribution in [0.4, 0.5) is 5.69 Å². The van der Waals surface area contributed by atoms with Gasteiger partial charge in [0.15, 0.2) is 9.92 Å². The second-order valence-corrected chi connectivity index (χ2v) is 11.8. The van der Waals surface area contributed by atoms with Crippen molar-refractivity contribution in [3.05, 3.63) is 70.6 Å². The maximum absolute atomic E-state index is 13.3. The zero-order valence-corrected chi connectivity index (χ0v) is 20.5. The van der Waals surface area contributed by atoms with Crippen molar-refractivity contribution in [3.8, 4) is 5.69 Å². The number of allylic oxidation sites excluding steroid dienone is 1. The van der Waals surface area contributed by atoms with E-state index < -0.39 is 15.5 Å². The molecule has 0 spiro atoms. The van der Waals surface area contributed by atoms with E-state index in [9.17, 15) is 9.32 Å². The first kappa shape index (κ1) is 22.7. The topological polar surface area (TPSA) is 106 Å². The molecular formula is C23H29N5O2S2. The molecule has 0 fully saturated rings. The Morgan fingerprint density at radius 2 is 2.00 bits per heavy atom. The second kappa shape index (κ2) is 8.15. The van der Waals surface area contributed by atoms with Crippen LogP contribution in [0.1, 0.15) is 63.4 Å². The van der Waals surface area contributed by atoms with Crippen molar-refractivity contribution in [3.63, 3.8) is 0 Å². The molecule has 1 aliphatic heterocycles. The smallest absolute Gasteiger partial charge is 0.150 e. The van der Waals surface area contributed by atoms with Crippen molar-refractivity contribution in [2.75, 3.05) is 5.32 Å². The van der Waals surface area contributed by atoms with Crippen LogP contribution in [0.3, 0.4) is 0 Å². The number of aliphatic hydroxyl groups is 1. The van der Waals surface area contributed by atoms with E-state index in [1.807, 2.05) is 48.0 Å². The third-order valence-electron chi connectivity index (χ3n) is 5.39. The van der Waals surface area contributed by atoms with E-state index in [0.717, 1.165) is 22.8 Å². The Labute approximate surface area is 193 Å². The molecule has 0 saturated carbocycles. The Morgan fingerprint density at radius 3 is 2.59 bits per heavy atom. The third-order valence-corrected chi connectivity index (χ3v) is 8.28. The number of nitrogens with two attached hydrogens (primary N) is 1. The molecule has 32 heavy (non-hydrogen) atoms. The third kappa shape index (κ3) is 4.25. The molecule has 3 aromatic rings. The van der Waals surface area contributed by atoms with Gasteiger partial charge in [0.25, 0.3) is 0 Å². The zero-order valence-electron chi connectivity index (χ0n) is 18.9. The quantitative estimate of drug-likeness (QED) is 0.484. The highest BCUT2D eigenvalue weighted by Crippen LogP contribution is 2.39. The van der Waals surface area contributed by atoms with Crippen LogP contribution in [-0.2, 0) is 15.5 Å². The first-order chi connectivity index (χ1) is 15.0. The van der Waals surface area contributed by atoms with Crippen LogP contribution in [0.15, 0.2) is 62.2 Å². The fraction of sp³-hybridized carbons (Fsp3) is 0.348. The minimum absolute atomic E-state index is 0.0297. The van der Waals surface area contributed by atoms with Gasteiger partial charge in [0.1, 0.15) is 10.0 Å². The highest BCUT2D eigenvalue weighted by Gasteiger charge is 2.28. The van der Waals surface area contributed by atoms with Crippen LogP contribution in [0.25, 0.3) is 5.69 Å². The number of hydrogen-bond donors (Lipinski definition) is 3. The van der Waals surface area contributed by atoms with Crippen LogP contribution in [0.5, 0.6) is 0 Å². The lowest BCUT2D eigenvalue weighted by molar-refractivity contribution is 0.0789. The number of benzene rings is 1. The van der Waals surface area contributed by atoms with E-state index in [2.05, 4.69) is 23.5 Å².